The van der Waals surface area contributed by atoms with Gasteiger partial charge in [0.15, 0.2) is 0 Å². The zero-order chi connectivity index (χ0) is 9.40. The van der Waals surface area contributed by atoms with E-state index in [0.717, 1.165) is 0 Å². The molecule has 0 atom stereocenters. The van der Waals surface area contributed by atoms with E-state index in [0.29, 0.717) is 5.95 Å². The molecule has 9 heteroatoms. The fourth-order valence-corrected chi connectivity index (χ4v) is 0.385. The van der Waals surface area contributed by atoms with Crippen LogP contribution in [0.1, 0.15) is 0 Å². The Hall–Kier alpha value is -2.28. The summed E-state index contributed by atoms with van der Waals surface area (Å²) in [5.74, 6) is 0.424. The summed E-state index contributed by atoms with van der Waals surface area (Å²) in [4.78, 5) is 16.1. The Bertz CT molecular complexity index is 270. The van der Waals surface area contributed by atoms with Gasteiger partial charge >= 0.3 is 11.1 Å². The summed E-state index contributed by atoms with van der Waals surface area (Å²) < 4.78 is 0. The molecule has 1 aromatic heterocycles. The van der Waals surface area contributed by atoms with Crippen LogP contribution in [0.2, 0.25) is 0 Å². The van der Waals surface area contributed by atoms with Gasteiger partial charge in [-0.3, -0.25) is 0 Å². The zero-order valence-corrected chi connectivity index (χ0v) is 5.67. The number of azide groups is 1. The maximum absolute atomic E-state index is 8.25. The van der Waals surface area contributed by atoms with Crippen molar-refractivity contribution in [2.24, 2.45) is 5.11 Å². The molecule has 0 saturated carbocycles. The van der Waals surface area contributed by atoms with Crippen LogP contribution in [0.25, 0.3) is 10.4 Å². The highest BCUT2D eigenvalue weighted by Gasteiger charge is 2.02. The molecule has 0 aliphatic rings. The number of nitrogens with zero attached hydrogens (tertiary/aromatic N) is 4. The average molecular weight is 172 g/mol. The van der Waals surface area contributed by atoms with Gasteiger partial charge in [0, 0.05) is 5.53 Å². The molecule has 0 radical (unpaired) electrons. The second-order valence-electron chi connectivity index (χ2n) is 1.38. The predicted molar refractivity (Wildman–Crippen MR) is 36.5 cm³/mol. The summed E-state index contributed by atoms with van der Waals surface area (Å²) in [6.07, 6.45) is 3.29. The number of hydrogen-bond acceptors (Lipinski definition) is 4. The normalized spacial score (nSPS) is 7.33. The van der Waals surface area contributed by atoms with E-state index >= 15 is 0 Å². The van der Waals surface area contributed by atoms with E-state index in [1.807, 2.05) is 0 Å². The van der Waals surface area contributed by atoms with Crippen LogP contribution in [-0.2, 0) is 0 Å². The van der Waals surface area contributed by atoms with Crippen LogP contribution in [0.5, 0.6) is 0 Å². The van der Waals surface area contributed by atoms with E-state index in [1.165, 1.54) is 0 Å². The molecule has 9 nitrogen and oxygen atoms in total. The number of aromatic nitrogens is 2. The molecule has 0 saturated heterocycles. The minimum Gasteiger partial charge on any atom is -0.356 e. The lowest BCUT2D eigenvalue weighted by Crippen LogP contribution is -1.92. The van der Waals surface area contributed by atoms with Crippen molar-refractivity contribution in [1.82, 2.24) is 4.98 Å². The van der Waals surface area contributed by atoms with E-state index in [9.17, 15) is 0 Å². The molecule has 0 unspecified atom stereocenters. The first kappa shape index (κ1) is 9.72. The lowest BCUT2D eigenvalue weighted by Gasteiger charge is -1.74. The second kappa shape index (κ2) is 5.50. The van der Waals surface area contributed by atoms with Crippen molar-refractivity contribution in [3.05, 3.63) is 38.2 Å². The van der Waals surface area contributed by atoms with E-state index < -0.39 is 5.09 Å². The zero-order valence-electron chi connectivity index (χ0n) is 5.67. The lowest BCUT2D eigenvalue weighted by molar-refractivity contribution is -0.402. The van der Waals surface area contributed by atoms with Gasteiger partial charge in [-0.05, 0) is 0 Å². The highest BCUT2D eigenvalue weighted by Crippen LogP contribution is 1.92. The highest BCUT2D eigenvalue weighted by atomic mass is 16.9. The molecule has 0 bridgehead atoms. The van der Waals surface area contributed by atoms with Crippen molar-refractivity contribution in [3.8, 4) is 0 Å². The van der Waals surface area contributed by atoms with Gasteiger partial charge in [-0.1, -0.05) is 0 Å². The van der Waals surface area contributed by atoms with Crippen LogP contribution in [0.3, 0.4) is 0 Å². The van der Waals surface area contributed by atoms with E-state index in [1.54, 1.807) is 12.4 Å². The summed E-state index contributed by atoms with van der Waals surface area (Å²) in [6.45, 7) is 0. The fraction of sp³-hybridized carbons (Fsp3) is 0. The molecule has 0 amide bonds. The number of hydrogen-bond donors (Lipinski definition) is 1. The molecule has 0 aliphatic heterocycles. The van der Waals surface area contributed by atoms with Crippen LogP contribution in [0.15, 0.2) is 17.5 Å². The minimum absolute atomic E-state index is 0.424. The highest BCUT2D eigenvalue weighted by molar-refractivity contribution is 5.01. The van der Waals surface area contributed by atoms with Crippen LogP contribution >= 0.6 is 0 Å². The van der Waals surface area contributed by atoms with Gasteiger partial charge < -0.3 is 15.3 Å². The Morgan fingerprint density at radius 3 is 2.67 bits per heavy atom. The smallest absolute Gasteiger partial charge is 0.356 e. The SMILES string of the molecule is O=[N+]([O-])[O-].[N-]=[N+]=Nc1[nH]cc[nH+]1. The van der Waals surface area contributed by atoms with E-state index in [-0.39, 0.29) is 0 Å². The van der Waals surface area contributed by atoms with Crippen molar-refractivity contribution in [2.45, 2.75) is 0 Å². The topological polar surface area (TPSA) is 145 Å². The summed E-state index contributed by atoms with van der Waals surface area (Å²) in [6, 6.07) is 0. The molecule has 1 aromatic rings. The fourth-order valence-electron chi connectivity index (χ4n) is 0.385. The Morgan fingerprint density at radius 2 is 2.33 bits per heavy atom. The molecular formula is C3H4N6O3. The average Bonchev–Trinajstić information content (AvgIpc) is 2.39. The monoisotopic (exact) mass is 172 g/mol. The predicted octanol–water partition coefficient (Wildman–Crippen LogP) is 0.531. The van der Waals surface area contributed by atoms with Crippen molar-refractivity contribution < 1.29 is 10.1 Å². The number of H-pyrrole nitrogens is 2. The van der Waals surface area contributed by atoms with E-state index in [4.69, 9.17) is 20.9 Å². The van der Waals surface area contributed by atoms with Gasteiger partial charge in [-0.2, -0.15) is 0 Å². The van der Waals surface area contributed by atoms with Gasteiger partial charge in [0.1, 0.15) is 0 Å². The summed E-state index contributed by atoms with van der Waals surface area (Å²) in [5, 5.41) is 18.0. The third-order valence-corrected chi connectivity index (χ3v) is 0.668. The Kier molecular flexibility index (Phi) is 4.46. The Labute approximate surface area is 65.4 Å². The summed E-state index contributed by atoms with van der Waals surface area (Å²) in [5.41, 5.74) is 7.86. The third-order valence-electron chi connectivity index (χ3n) is 0.668. The quantitative estimate of drug-likeness (QED) is 0.216. The van der Waals surface area contributed by atoms with Gasteiger partial charge in [0.25, 0.3) is 0 Å². The van der Waals surface area contributed by atoms with Crippen molar-refractivity contribution in [2.75, 3.05) is 0 Å². The van der Waals surface area contributed by atoms with Crippen molar-refractivity contribution in [1.29, 1.82) is 0 Å². The number of rotatable bonds is 1. The van der Waals surface area contributed by atoms with Gasteiger partial charge in [-0.15, -0.1) is 0 Å². The van der Waals surface area contributed by atoms with Gasteiger partial charge in [0.05, 0.1) is 17.5 Å². The largest absolute Gasteiger partial charge is 0.480 e. The summed E-state index contributed by atoms with van der Waals surface area (Å²) in [7, 11) is 0. The molecule has 0 fully saturated rings. The summed E-state index contributed by atoms with van der Waals surface area (Å²) >= 11 is 0. The first-order chi connectivity index (χ1) is 5.66. The van der Waals surface area contributed by atoms with Crippen LogP contribution in [0, 0.1) is 15.3 Å². The first-order valence-corrected chi connectivity index (χ1v) is 2.58. The molecule has 0 aromatic carbocycles. The van der Waals surface area contributed by atoms with Crippen LogP contribution < -0.4 is 4.98 Å². The van der Waals surface area contributed by atoms with Gasteiger partial charge in [0.2, 0.25) is 4.91 Å². The van der Waals surface area contributed by atoms with Crippen molar-refractivity contribution >= 4 is 5.95 Å². The lowest BCUT2D eigenvalue weighted by atomic mass is 11.0. The number of nitrogens with one attached hydrogen (secondary N) is 2. The van der Waals surface area contributed by atoms with E-state index in [2.05, 4.69) is 20.0 Å². The van der Waals surface area contributed by atoms with Gasteiger partial charge in [-0.25, -0.2) is 9.97 Å². The standard InChI is InChI=1S/C3H3N5.NO3/c4-8-7-3-5-1-2-6-3;2-1(3)4/h1-2H,(H,5,6);/q;-1/p+1. The molecule has 2 N–H and O–H groups in total. The minimum atomic E-state index is -1.75. The third kappa shape index (κ3) is 5.85. The maximum Gasteiger partial charge on any atom is 0.480 e. The molecule has 12 heavy (non-hydrogen) atoms. The molecule has 0 aliphatic carbocycles. The van der Waals surface area contributed by atoms with Crippen LogP contribution in [-0.4, -0.2) is 10.1 Å². The molecule has 1 rings (SSSR count). The maximum atomic E-state index is 8.25. The Morgan fingerprint density at radius 1 is 1.75 bits per heavy atom. The number of aromatic amines is 2. The molecule has 0 spiro atoms. The second-order valence-corrected chi connectivity index (χ2v) is 1.38. The van der Waals surface area contributed by atoms with Crippen LogP contribution in [0.4, 0.5) is 5.95 Å². The number of imidazole rings is 1. The van der Waals surface area contributed by atoms with Crippen molar-refractivity contribution in [3.63, 3.8) is 0 Å². The molecule has 1 heterocycles. The first-order valence-electron chi connectivity index (χ1n) is 2.58. The molecular weight excluding hydrogens is 168 g/mol. The molecule has 64 valence electrons. The Balaban J connectivity index is 0.000000261.